The number of nitrogens with two attached hydrogens (primary N) is 1. The second kappa shape index (κ2) is 15.1. The molecule has 160 valence electrons. The van der Waals surface area contributed by atoms with Gasteiger partial charge >= 0.3 is 0 Å². The van der Waals surface area contributed by atoms with Gasteiger partial charge in [-0.3, -0.25) is 0 Å². The number of aromatic nitrogens is 1. The Morgan fingerprint density at radius 1 is 0.759 bits per heavy atom. The molecule has 1 aromatic carbocycles. The van der Waals surface area contributed by atoms with Crippen LogP contribution in [0.3, 0.4) is 0 Å². The largest absolute Gasteiger partial charge is 0.383 e. The summed E-state index contributed by atoms with van der Waals surface area (Å²) >= 11 is 0. The number of aryl methyl sites for hydroxylation is 1. The molecule has 0 radical (unpaired) electrons. The molecule has 0 aliphatic carbocycles. The van der Waals surface area contributed by atoms with Crippen molar-refractivity contribution in [3.8, 4) is 0 Å². The van der Waals surface area contributed by atoms with E-state index in [-0.39, 0.29) is 0 Å². The van der Waals surface area contributed by atoms with Crippen LogP contribution in [0.1, 0.15) is 102 Å². The Morgan fingerprint density at radius 3 is 2.03 bits per heavy atom. The van der Waals surface area contributed by atoms with Crippen LogP contribution in [-0.2, 0) is 6.42 Å². The van der Waals surface area contributed by atoms with Gasteiger partial charge in [-0.2, -0.15) is 0 Å². The second-order valence-corrected chi connectivity index (χ2v) is 8.41. The maximum atomic E-state index is 6.14. The summed E-state index contributed by atoms with van der Waals surface area (Å²) in [6.45, 7) is 2.28. The smallest absolute Gasteiger partial charge is 0.127 e. The number of para-hydroxylation sites is 1. The number of anilines is 1. The Balaban J connectivity index is 1.44. The van der Waals surface area contributed by atoms with Gasteiger partial charge in [0.05, 0.1) is 5.52 Å². The highest BCUT2D eigenvalue weighted by atomic mass is 14.8. The Hall–Kier alpha value is -1.83. The minimum atomic E-state index is 0.705. The van der Waals surface area contributed by atoms with E-state index in [0.717, 1.165) is 11.9 Å². The molecule has 1 heterocycles. The highest BCUT2D eigenvalue weighted by Crippen LogP contribution is 2.20. The third-order valence-electron chi connectivity index (χ3n) is 5.79. The Bertz CT molecular complexity index is 705. The molecule has 0 spiro atoms. The average Bonchev–Trinajstić information content (AvgIpc) is 2.73. The van der Waals surface area contributed by atoms with Gasteiger partial charge in [0.2, 0.25) is 0 Å². The van der Waals surface area contributed by atoms with Crippen molar-refractivity contribution in [1.29, 1.82) is 0 Å². The van der Waals surface area contributed by atoms with Gasteiger partial charge in [0.15, 0.2) is 0 Å². The van der Waals surface area contributed by atoms with E-state index in [1.54, 1.807) is 0 Å². The third-order valence-corrected chi connectivity index (χ3v) is 5.79. The molecular weight excluding hydrogens is 352 g/mol. The third kappa shape index (κ3) is 9.96. The molecule has 0 saturated heterocycles. The summed E-state index contributed by atoms with van der Waals surface area (Å²) in [4.78, 5) is 4.54. The fourth-order valence-electron chi connectivity index (χ4n) is 3.94. The van der Waals surface area contributed by atoms with E-state index in [0.29, 0.717) is 5.82 Å². The van der Waals surface area contributed by atoms with Crippen molar-refractivity contribution in [2.45, 2.75) is 103 Å². The topological polar surface area (TPSA) is 38.9 Å². The quantitative estimate of drug-likeness (QED) is 0.229. The molecule has 2 N–H and O–H groups in total. The lowest BCUT2D eigenvalue weighted by Crippen LogP contribution is -1.98. The van der Waals surface area contributed by atoms with Crippen LogP contribution >= 0.6 is 0 Å². The Kier molecular flexibility index (Phi) is 12.2. The van der Waals surface area contributed by atoms with Crippen LogP contribution in [0.5, 0.6) is 0 Å². The number of allylic oxidation sites excluding steroid dienone is 2. The van der Waals surface area contributed by atoms with Crippen LogP contribution < -0.4 is 5.73 Å². The minimum Gasteiger partial charge on any atom is -0.383 e. The van der Waals surface area contributed by atoms with Crippen molar-refractivity contribution < 1.29 is 0 Å². The molecule has 0 aliphatic heterocycles. The van der Waals surface area contributed by atoms with Gasteiger partial charge in [-0.05, 0) is 56.2 Å². The number of fused-ring (bicyclic) bond motifs is 1. The van der Waals surface area contributed by atoms with Crippen LogP contribution in [0.15, 0.2) is 42.5 Å². The van der Waals surface area contributed by atoms with E-state index in [2.05, 4.69) is 42.3 Å². The first-order chi connectivity index (χ1) is 14.3. The van der Waals surface area contributed by atoms with E-state index >= 15 is 0 Å². The van der Waals surface area contributed by atoms with E-state index in [9.17, 15) is 0 Å². The van der Waals surface area contributed by atoms with E-state index in [1.165, 1.54) is 101 Å². The SMILES string of the molecule is CCCCCCCC/C=C\CCCCCCCCc1cc2ccccc2nc1N. The molecule has 0 amide bonds. The predicted octanol–water partition coefficient (Wildman–Crippen LogP) is 8.40. The summed E-state index contributed by atoms with van der Waals surface area (Å²) < 4.78 is 0. The van der Waals surface area contributed by atoms with Crippen molar-refractivity contribution >= 4 is 16.7 Å². The van der Waals surface area contributed by atoms with Gasteiger partial charge in [0.25, 0.3) is 0 Å². The number of hydrogen-bond acceptors (Lipinski definition) is 2. The fraction of sp³-hybridized carbons (Fsp3) is 0.593. The molecule has 0 fully saturated rings. The molecule has 0 bridgehead atoms. The molecule has 2 aromatic rings. The van der Waals surface area contributed by atoms with Gasteiger partial charge in [0.1, 0.15) is 5.82 Å². The maximum absolute atomic E-state index is 6.14. The second-order valence-electron chi connectivity index (χ2n) is 8.41. The summed E-state index contributed by atoms with van der Waals surface area (Å²) in [6.07, 6.45) is 24.7. The standard InChI is InChI=1S/C27H42N2/c1-2-3-4-5-6-7-8-9-10-11-12-13-14-15-16-17-21-25-23-24-20-18-19-22-26(24)29-27(25)28/h9-10,18-20,22-23H,2-8,11-17,21H2,1H3,(H2,28,29)/b10-9-. The zero-order valence-electron chi connectivity index (χ0n) is 18.7. The molecule has 0 unspecified atom stereocenters. The van der Waals surface area contributed by atoms with Gasteiger partial charge in [-0.15, -0.1) is 0 Å². The normalized spacial score (nSPS) is 11.6. The zero-order valence-corrected chi connectivity index (χ0v) is 18.7. The first kappa shape index (κ1) is 23.4. The van der Waals surface area contributed by atoms with E-state index < -0.39 is 0 Å². The molecular formula is C27H42N2. The molecule has 0 atom stereocenters. The van der Waals surface area contributed by atoms with Crippen molar-refractivity contribution in [3.63, 3.8) is 0 Å². The summed E-state index contributed by atoms with van der Waals surface area (Å²) in [5.41, 5.74) is 8.34. The molecule has 0 saturated carbocycles. The lowest BCUT2D eigenvalue weighted by molar-refractivity contribution is 0.596. The van der Waals surface area contributed by atoms with Crippen LogP contribution in [-0.4, -0.2) is 4.98 Å². The molecule has 2 heteroatoms. The number of benzene rings is 1. The lowest BCUT2D eigenvalue weighted by Gasteiger charge is -2.07. The van der Waals surface area contributed by atoms with Gasteiger partial charge in [-0.25, -0.2) is 4.98 Å². The number of pyridine rings is 1. The van der Waals surface area contributed by atoms with Crippen LogP contribution in [0, 0.1) is 0 Å². The average molecular weight is 395 g/mol. The molecule has 2 rings (SSSR count). The van der Waals surface area contributed by atoms with Gasteiger partial charge in [0, 0.05) is 5.39 Å². The van der Waals surface area contributed by atoms with Crippen molar-refractivity contribution in [3.05, 3.63) is 48.0 Å². The molecule has 2 nitrogen and oxygen atoms in total. The van der Waals surface area contributed by atoms with Gasteiger partial charge in [-0.1, -0.05) is 95.1 Å². The van der Waals surface area contributed by atoms with Crippen LogP contribution in [0.2, 0.25) is 0 Å². The maximum Gasteiger partial charge on any atom is 0.127 e. The molecule has 1 aromatic heterocycles. The van der Waals surface area contributed by atoms with Crippen LogP contribution in [0.4, 0.5) is 5.82 Å². The summed E-state index contributed by atoms with van der Waals surface area (Å²) in [5.74, 6) is 0.705. The first-order valence-electron chi connectivity index (χ1n) is 12.1. The summed E-state index contributed by atoms with van der Waals surface area (Å²) in [6, 6.07) is 10.4. The lowest BCUT2D eigenvalue weighted by atomic mass is 10.0. The van der Waals surface area contributed by atoms with E-state index in [4.69, 9.17) is 5.73 Å². The monoisotopic (exact) mass is 394 g/mol. The number of nitrogen functional groups attached to an aromatic ring is 1. The summed E-state index contributed by atoms with van der Waals surface area (Å²) in [7, 11) is 0. The Morgan fingerprint density at radius 2 is 1.34 bits per heavy atom. The highest BCUT2D eigenvalue weighted by molar-refractivity contribution is 5.81. The van der Waals surface area contributed by atoms with Crippen molar-refractivity contribution in [2.75, 3.05) is 5.73 Å². The highest BCUT2D eigenvalue weighted by Gasteiger charge is 2.03. The number of unbranched alkanes of at least 4 members (excludes halogenated alkanes) is 12. The molecule has 29 heavy (non-hydrogen) atoms. The van der Waals surface area contributed by atoms with Gasteiger partial charge < -0.3 is 5.73 Å². The summed E-state index contributed by atoms with van der Waals surface area (Å²) in [5, 5.41) is 1.20. The van der Waals surface area contributed by atoms with Crippen LogP contribution in [0.25, 0.3) is 10.9 Å². The molecule has 0 aliphatic rings. The number of hydrogen-bond donors (Lipinski definition) is 1. The van der Waals surface area contributed by atoms with E-state index in [1.807, 2.05) is 12.1 Å². The fourth-order valence-corrected chi connectivity index (χ4v) is 3.94. The first-order valence-corrected chi connectivity index (χ1v) is 12.1. The Labute approximate surface area is 179 Å². The van der Waals surface area contributed by atoms with Crippen molar-refractivity contribution in [2.24, 2.45) is 0 Å². The number of nitrogens with zero attached hydrogens (tertiary/aromatic N) is 1. The van der Waals surface area contributed by atoms with Crippen molar-refractivity contribution in [1.82, 2.24) is 4.98 Å². The minimum absolute atomic E-state index is 0.705. The number of rotatable bonds is 16. The zero-order chi connectivity index (χ0) is 20.6. The predicted molar refractivity (Wildman–Crippen MR) is 129 cm³/mol.